The Morgan fingerprint density at radius 1 is 1.28 bits per heavy atom. The number of rotatable bonds is 2. The number of methoxy groups -OCH3 is 1. The molecule has 2 unspecified atom stereocenters. The summed E-state index contributed by atoms with van der Waals surface area (Å²) in [6, 6.07) is 0. The average molecular weight is 254 g/mol. The van der Waals surface area contributed by atoms with E-state index in [1.807, 2.05) is 0 Å². The maximum absolute atomic E-state index is 11.4. The Labute approximate surface area is 106 Å². The second-order valence-corrected chi connectivity index (χ2v) is 5.87. The second-order valence-electron chi connectivity index (χ2n) is 5.87. The van der Waals surface area contributed by atoms with Crippen LogP contribution in [0.5, 0.6) is 0 Å². The number of hydrogen-bond donors (Lipinski definition) is 0. The summed E-state index contributed by atoms with van der Waals surface area (Å²) in [4.78, 5) is 11.4. The van der Waals surface area contributed by atoms with Crippen molar-refractivity contribution in [2.75, 3.05) is 7.11 Å². The summed E-state index contributed by atoms with van der Waals surface area (Å²) in [5.74, 6) is -0.193. The molecule has 3 heterocycles. The van der Waals surface area contributed by atoms with Crippen LogP contribution >= 0.6 is 0 Å². The maximum atomic E-state index is 11.4. The molecule has 0 aromatic rings. The molecular weight excluding hydrogens is 236 g/mol. The van der Waals surface area contributed by atoms with Crippen molar-refractivity contribution in [2.45, 2.75) is 68.2 Å². The average Bonchev–Trinajstić information content (AvgIpc) is 3.04. The van der Waals surface area contributed by atoms with E-state index in [0.29, 0.717) is 18.6 Å². The molecule has 1 saturated carbocycles. The van der Waals surface area contributed by atoms with E-state index in [2.05, 4.69) is 0 Å². The molecule has 18 heavy (non-hydrogen) atoms. The molecule has 0 N–H and O–H groups in total. The highest BCUT2D eigenvalue weighted by atomic mass is 16.6. The lowest BCUT2D eigenvalue weighted by Gasteiger charge is -2.42. The number of carbonyl (C=O) groups excluding carboxylic acids is 1. The largest absolute Gasteiger partial charge is 0.469 e. The van der Waals surface area contributed by atoms with Crippen LogP contribution in [0.15, 0.2) is 0 Å². The minimum absolute atomic E-state index is 0.0219. The zero-order valence-electron chi connectivity index (χ0n) is 10.5. The molecule has 4 aliphatic rings. The molecule has 1 spiro atoms. The van der Waals surface area contributed by atoms with Crippen molar-refractivity contribution < 1.29 is 23.7 Å². The van der Waals surface area contributed by atoms with Crippen molar-refractivity contribution in [2.24, 2.45) is 0 Å². The van der Waals surface area contributed by atoms with E-state index in [1.165, 1.54) is 7.11 Å². The first kappa shape index (κ1) is 11.2. The van der Waals surface area contributed by atoms with Gasteiger partial charge >= 0.3 is 5.97 Å². The number of ether oxygens (including phenoxy) is 4. The van der Waals surface area contributed by atoms with E-state index in [1.54, 1.807) is 0 Å². The first-order valence-corrected chi connectivity index (χ1v) is 6.76. The predicted octanol–water partition coefficient (Wildman–Crippen LogP) is 0.796. The number of epoxide rings is 1. The zero-order valence-corrected chi connectivity index (χ0v) is 10.5. The number of carbonyl (C=O) groups is 1. The highest BCUT2D eigenvalue weighted by Crippen LogP contribution is 2.55. The van der Waals surface area contributed by atoms with Crippen LogP contribution in [0.1, 0.15) is 32.1 Å². The van der Waals surface area contributed by atoms with E-state index in [-0.39, 0.29) is 29.9 Å². The summed E-state index contributed by atoms with van der Waals surface area (Å²) in [6.07, 6.45) is 5.10. The molecule has 4 rings (SSSR count). The van der Waals surface area contributed by atoms with Crippen LogP contribution in [-0.2, 0) is 23.7 Å². The third kappa shape index (κ3) is 1.54. The van der Waals surface area contributed by atoms with Gasteiger partial charge in [-0.3, -0.25) is 4.79 Å². The Kier molecular flexibility index (Phi) is 2.29. The SMILES string of the molecule is COC(=O)CC1CC[C@@H]2O[C@@H]3C[C@]2(CC2O[C@H]23)O1. The molecule has 100 valence electrons. The predicted molar refractivity (Wildman–Crippen MR) is 60.0 cm³/mol. The minimum Gasteiger partial charge on any atom is -0.469 e. The first-order chi connectivity index (χ1) is 8.70. The molecule has 5 nitrogen and oxygen atoms in total. The fourth-order valence-electron chi connectivity index (χ4n) is 3.90. The third-order valence-electron chi connectivity index (χ3n) is 4.78. The van der Waals surface area contributed by atoms with Gasteiger partial charge in [0.1, 0.15) is 6.10 Å². The van der Waals surface area contributed by atoms with Gasteiger partial charge in [0.15, 0.2) is 0 Å². The minimum atomic E-state index is -0.195. The molecular formula is C13H18O5. The number of hydrogen-bond acceptors (Lipinski definition) is 5. The topological polar surface area (TPSA) is 57.3 Å². The van der Waals surface area contributed by atoms with Crippen LogP contribution in [0, 0.1) is 0 Å². The molecule has 3 saturated heterocycles. The van der Waals surface area contributed by atoms with E-state index < -0.39 is 0 Å². The Hall–Kier alpha value is -0.650. The molecule has 0 aromatic carbocycles. The molecule has 1 aliphatic carbocycles. The number of fused-ring (bicyclic) bond motifs is 3. The Morgan fingerprint density at radius 3 is 2.83 bits per heavy atom. The lowest BCUT2D eigenvalue weighted by molar-refractivity contribution is -0.178. The first-order valence-electron chi connectivity index (χ1n) is 6.76. The van der Waals surface area contributed by atoms with Crippen LogP contribution in [0.4, 0.5) is 0 Å². The summed E-state index contributed by atoms with van der Waals surface area (Å²) in [5.41, 5.74) is -0.195. The molecule has 2 bridgehead atoms. The lowest BCUT2D eigenvalue weighted by atomic mass is 9.78. The van der Waals surface area contributed by atoms with Crippen molar-refractivity contribution in [1.29, 1.82) is 0 Å². The summed E-state index contributed by atoms with van der Waals surface area (Å²) in [7, 11) is 1.42. The zero-order chi connectivity index (χ0) is 12.3. The van der Waals surface area contributed by atoms with Crippen molar-refractivity contribution >= 4 is 5.97 Å². The smallest absolute Gasteiger partial charge is 0.308 e. The summed E-state index contributed by atoms with van der Waals surface area (Å²) < 4.78 is 22.6. The van der Waals surface area contributed by atoms with Crippen LogP contribution in [-0.4, -0.2) is 49.2 Å². The van der Waals surface area contributed by atoms with Crippen molar-refractivity contribution in [3.8, 4) is 0 Å². The van der Waals surface area contributed by atoms with Crippen molar-refractivity contribution in [3.05, 3.63) is 0 Å². The van der Waals surface area contributed by atoms with Gasteiger partial charge in [-0.15, -0.1) is 0 Å². The normalized spacial score (nSPS) is 52.4. The Balaban J connectivity index is 1.50. The van der Waals surface area contributed by atoms with Gasteiger partial charge in [0.05, 0.1) is 43.5 Å². The van der Waals surface area contributed by atoms with Gasteiger partial charge in [-0.1, -0.05) is 0 Å². The van der Waals surface area contributed by atoms with Gasteiger partial charge < -0.3 is 18.9 Å². The molecule has 0 aromatic heterocycles. The van der Waals surface area contributed by atoms with Gasteiger partial charge in [-0.25, -0.2) is 0 Å². The molecule has 0 radical (unpaired) electrons. The quantitative estimate of drug-likeness (QED) is 0.539. The van der Waals surface area contributed by atoms with E-state index >= 15 is 0 Å². The highest BCUT2D eigenvalue weighted by Gasteiger charge is 2.66. The fraction of sp³-hybridized carbons (Fsp3) is 0.923. The molecule has 0 amide bonds. The summed E-state index contributed by atoms with van der Waals surface area (Å²) >= 11 is 0. The maximum Gasteiger partial charge on any atom is 0.308 e. The second kappa shape index (κ2) is 3.68. The van der Waals surface area contributed by atoms with E-state index in [4.69, 9.17) is 18.9 Å². The van der Waals surface area contributed by atoms with Crippen molar-refractivity contribution in [3.63, 3.8) is 0 Å². The van der Waals surface area contributed by atoms with Gasteiger partial charge in [0.25, 0.3) is 0 Å². The molecule has 6 atom stereocenters. The molecule has 3 aliphatic heterocycles. The third-order valence-corrected chi connectivity index (χ3v) is 4.78. The molecule has 4 fully saturated rings. The standard InChI is InChI=1S/C13H18O5/c1-15-11(14)4-7-2-3-10-13(18-7)5-8(16-10)12-9(6-13)17-12/h7-10,12H,2-6H2,1H3/t7?,8-,9?,10+,12+,13-/m1/s1. The molecule has 5 heteroatoms. The summed E-state index contributed by atoms with van der Waals surface area (Å²) in [6.45, 7) is 0. The van der Waals surface area contributed by atoms with Crippen LogP contribution in [0.25, 0.3) is 0 Å². The van der Waals surface area contributed by atoms with Crippen LogP contribution in [0.2, 0.25) is 0 Å². The van der Waals surface area contributed by atoms with Crippen molar-refractivity contribution in [1.82, 2.24) is 0 Å². The van der Waals surface area contributed by atoms with Gasteiger partial charge in [0, 0.05) is 12.8 Å². The van der Waals surface area contributed by atoms with Gasteiger partial charge in [-0.05, 0) is 12.8 Å². The fourth-order valence-corrected chi connectivity index (χ4v) is 3.90. The van der Waals surface area contributed by atoms with Gasteiger partial charge in [-0.2, -0.15) is 0 Å². The lowest BCUT2D eigenvalue weighted by Crippen LogP contribution is -2.50. The van der Waals surface area contributed by atoms with E-state index in [0.717, 1.165) is 25.7 Å². The monoisotopic (exact) mass is 254 g/mol. The van der Waals surface area contributed by atoms with Gasteiger partial charge in [0.2, 0.25) is 0 Å². The Morgan fingerprint density at radius 2 is 2.06 bits per heavy atom. The number of esters is 1. The summed E-state index contributed by atoms with van der Waals surface area (Å²) in [5, 5.41) is 0. The van der Waals surface area contributed by atoms with Crippen LogP contribution < -0.4 is 0 Å². The van der Waals surface area contributed by atoms with E-state index in [9.17, 15) is 4.79 Å². The van der Waals surface area contributed by atoms with Crippen LogP contribution in [0.3, 0.4) is 0 Å². The highest BCUT2D eigenvalue weighted by molar-refractivity contribution is 5.69. The Bertz CT molecular complexity index is 380.